The molecular weight excluding hydrogens is 444 g/mol. The Labute approximate surface area is 192 Å². The van der Waals surface area contributed by atoms with Crippen LogP contribution in [0.1, 0.15) is 24.2 Å². The van der Waals surface area contributed by atoms with E-state index in [2.05, 4.69) is 15.4 Å². The molecule has 0 saturated heterocycles. The molecule has 0 spiro atoms. The summed E-state index contributed by atoms with van der Waals surface area (Å²) in [5.41, 5.74) is 0.291. The van der Waals surface area contributed by atoms with Crippen LogP contribution in [0.15, 0.2) is 59.0 Å². The maximum Gasteiger partial charge on any atom is 0.345 e. The molecule has 33 heavy (non-hydrogen) atoms. The molecule has 0 amide bonds. The highest BCUT2D eigenvalue weighted by Crippen LogP contribution is 2.32. The van der Waals surface area contributed by atoms with E-state index in [-0.39, 0.29) is 16.9 Å². The summed E-state index contributed by atoms with van der Waals surface area (Å²) in [6, 6.07) is 11.2. The Morgan fingerprint density at radius 1 is 1.12 bits per heavy atom. The highest BCUT2D eigenvalue weighted by atomic mass is 32.1. The first kappa shape index (κ1) is 22.2. The molecule has 1 aromatic carbocycles. The molecule has 4 rings (SSSR count). The van der Waals surface area contributed by atoms with Gasteiger partial charge in [-0.25, -0.2) is 9.48 Å². The van der Waals surface area contributed by atoms with Crippen molar-refractivity contribution >= 4 is 45.4 Å². The lowest BCUT2D eigenvalue weighted by molar-refractivity contribution is -0.149. The van der Waals surface area contributed by atoms with Crippen LogP contribution >= 0.6 is 11.3 Å². The topological polar surface area (TPSA) is 112 Å². The average Bonchev–Trinajstić information content (AvgIpc) is 3.35. The number of rotatable bonds is 7. The Kier molecular flexibility index (Phi) is 6.45. The largest absolute Gasteiger partial charge is 0.428 e. The van der Waals surface area contributed by atoms with Crippen LogP contribution in [0.25, 0.3) is 21.3 Å². The van der Waals surface area contributed by atoms with Crippen molar-refractivity contribution in [2.45, 2.75) is 20.4 Å². The molecule has 0 aliphatic heterocycles. The molecule has 168 valence electrons. The van der Waals surface area contributed by atoms with Gasteiger partial charge in [-0.3, -0.25) is 14.6 Å². The lowest BCUT2D eigenvalue weighted by Gasteiger charge is -2.17. The SMILES string of the molecule is CCn1nc(-c2cccs2)c(C(=O)OCOC(C)=O)c(Nc2cncc3ccccc23)c1=O. The molecule has 0 saturated carbocycles. The molecule has 3 aromatic heterocycles. The molecule has 3 heterocycles. The summed E-state index contributed by atoms with van der Waals surface area (Å²) in [6.07, 6.45) is 3.29. The fraction of sp³-hybridized carbons (Fsp3) is 0.174. The summed E-state index contributed by atoms with van der Waals surface area (Å²) in [5, 5.41) is 11.0. The van der Waals surface area contributed by atoms with Crippen LogP contribution in [0.2, 0.25) is 0 Å². The van der Waals surface area contributed by atoms with E-state index >= 15 is 0 Å². The first-order valence-corrected chi connectivity index (χ1v) is 11.0. The maximum atomic E-state index is 13.3. The van der Waals surface area contributed by atoms with E-state index in [1.807, 2.05) is 35.7 Å². The summed E-state index contributed by atoms with van der Waals surface area (Å²) >= 11 is 1.37. The number of thiophene rings is 1. The van der Waals surface area contributed by atoms with Gasteiger partial charge in [-0.05, 0) is 18.4 Å². The smallest absolute Gasteiger partial charge is 0.345 e. The van der Waals surface area contributed by atoms with Crippen molar-refractivity contribution in [1.82, 2.24) is 14.8 Å². The standard InChI is InChI=1S/C23H20N4O5S/c1-3-27-22(29)21(25-17-12-24-11-15-7-4-5-8-16(15)17)19(23(30)32-13-31-14(2)28)20(26-27)18-9-6-10-33-18/h4-12,25H,3,13H2,1-2H3. The third kappa shape index (κ3) is 4.60. The number of nitrogens with one attached hydrogen (secondary N) is 1. The Balaban J connectivity index is 1.90. The minimum absolute atomic E-state index is 0.00114. The van der Waals surface area contributed by atoms with Gasteiger partial charge in [0.05, 0.1) is 16.8 Å². The molecule has 10 heteroatoms. The van der Waals surface area contributed by atoms with Crippen molar-refractivity contribution in [3.8, 4) is 10.6 Å². The molecule has 9 nitrogen and oxygen atoms in total. The Morgan fingerprint density at radius 2 is 1.94 bits per heavy atom. The second-order valence-electron chi connectivity index (χ2n) is 6.92. The van der Waals surface area contributed by atoms with Gasteiger partial charge >= 0.3 is 11.9 Å². The molecule has 0 aliphatic carbocycles. The average molecular weight is 465 g/mol. The molecular formula is C23H20N4O5S. The molecule has 0 atom stereocenters. The molecule has 4 aromatic rings. The van der Waals surface area contributed by atoms with Crippen LogP contribution in [-0.2, 0) is 20.8 Å². The number of benzene rings is 1. The van der Waals surface area contributed by atoms with E-state index < -0.39 is 24.3 Å². The number of carbonyl (C=O) groups excluding carboxylic acids is 2. The van der Waals surface area contributed by atoms with E-state index in [9.17, 15) is 14.4 Å². The van der Waals surface area contributed by atoms with Crippen LogP contribution in [-0.4, -0.2) is 33.5 Å². The van der Waals surface area contributed by atoms with E-state index in [1.54, 1.807) is 25.4 Å². The van der Waals surface area contributed by atoms with Crippen molar-refractivity contribution < 1.29 is 19.1 Å². The second-order valence-corrected chi connectivity index (χ2v) is 7.86. The Hall–Kier alpha value is -4.05. The van der Waals surface area contributed by atoms with Crippen molar-refractivity contribution in [1.29, 1.82) is 0 Å². The number of carbonyl (C=O) groups is 2. The minimum Gasteiger partial charge on any atom is -0.428 e. The van der Waals surface area contributed by atoms with Crippen molar-refractivity contribution in [2.75, 3.05) is 12.1 Å². The van der Waals surface area contributed by atoms with Crippen LogP contribution in [0.4, 0.5) is 11.4 Å². The lowest BCUT2D eigenvalue weighted by atomic mass is 10.1. The molecule has 0 radical (unpaired) electrons. The zero-order valence-electron chi connectivity index (χ0n) is 17.9. The van der Waals surface area contributed by atoms with Crippen LogP contribution in [0.5, 0.6) is 0 Å². The second kappa shape index (κ2) is 9.61. The summed E-state index contributed by atoms with van der Waals surface area (Å²) in [4.78, 5) is 42.4. The number of nitrogens with zero attached hydrogens (tertiary/aromatic N) is 3. The molecule has 0 bridgehead atoms. The lowest BCUT2D eigenvalue weighted by Crippen LogP contribution is -2.29. The van der Waals surface area contributed by atoms with Gasteiger partial charge in [0.25, 0.3) is 5.56 Å². The van der Waals surface area contributed by atoms with Gasteiger partial charge in [-0.2, -0.15) is 5.10 Å². The summed E-state index contributed by atoms with van der Waals surface area (Å²) in [7, 11) is 0. The monoisotopic (exact) mass is 464 g/mol. The number of hydrogen-bond acceptors (Lipinski definition) is 9. The number of anilines is 2. The van der Waals surface area contributed by atoms with Gasteiger partial charge in [0.1, 0.15) is 16.9 Å². The van der Waals surface area contributed by atoms with E-state index in [0.717, 1.165) is 10.8 Å². The van der Waals surface area contributed by atoms with E-state index in [1.165, 1.54) is 22.9 Å². The zero-order valence-corrected chi connectivity index (χ0v) is 18.7. The van der Waals surface area contributed by atoms with E-state index in [4.69, 9.17) is 9.47 Å². The third-order valence-electron chi connectivity index (χ3n) is 4.79. The Morgan fingerprint density at radius 3 is 2.67 bits per heavy atom. The zero-order chi connectivity index (χ0) is 23.4. The van der Waals surface area contributed by atoms with E-state index in [0.29, 0.717) is 17.1 Å². The minimum atomic E-state index is -0.844. The maximum absolute atomic E-state index is 13.3. The highest BCUT2D eigenvalue weighted by molar-refractivity contribution is 7.13. The first-order chi connectivity index (χ1) is 16.0. The number of aryl methyl sites for hydroxylation is 1. The third-order valence-corrected chi connectivity index (χ3v) is 5.67. The number of pyridine rings is 1. The molecule has 0 unspecified atom stereocenters. The van der Waals surface area contributed by atoms with Crippen LogP contribution < -0.4 is 10.9 Å². The quantitative estimate of drug-likeness (QED) is 0.323. The molecule has 0 aliphatic rings. The fourth-order valence-corrected chi connectivity index (χ4v) is 3.99. The summed E-state index contributed by atoms with van der Waals surface area (Å²) in [5.74, 6) is -1.44. The van der Waals surface area contributed by atoms with Gasteiger partial charge in [-0.15, -0.1) is 11.3 Å². The van der Waals surface area contributed by atoms with Crippen molar-refractivity contribution in [2.24, 2.45) is 0 Å². The number of ether oxygens (including phenoxy) is 2. The summed E-state index contributed by atoms with van der Waals surface area (Å²) in [6.45, 7) is 2.70. The van der Waals surface area contributed by atoms with Crippen molar-refractivity contribution in [3.05, 3.63) is 70.1 Å². The van der Waals surface area contributed by atoms with Gasteiger partial charge in [-0.1, -0.05) is 30.3 Å². The number of hydrogen-bond donors (Lipinski definition) is 1. The molecule has 0 fully saturated rings. The summed E-state index contributed by atoms with van der Waals surface area (Å²) < 4.78 is 11.2. The predicted molar refractivity (Wildman–Crippen MR) is 125 cm³/mol. The van der Waals surface area contributed by atoms with Crippen LogP contribution in [0.3, 0.4) is 0 Å². The molecule has 1 N–H and O–H groups in total. The fourth-order valence-electron chi connectivity index (χ4n) is 3.27. The van der Waals surface area contributed by atoms with Gasteiger partial charge in [0, 0.05) is 30.4 Å². The Bertz CT molecular complexity index is 1380. The van der Waals surface area contributed by atoms with Crippen LogP contribution in [0, 0.1) is 0 Å². The van der Waals surface area contributed by atoms with Gasteiger partial charge in [0.2, 0.25) is 6.79 Å². The normalized spacial score (nSPS) is 10.7. The van der Waals surface area contributed by atoms with Gasteiger partial charge < -0.3 is 14.8 Å². The number of esters is 2. The first-order valence-electron chi connectivity index (χ1n) is 10.1. The highest BCUT2D eigenvalue weighted by Gasteiger charge is 2.26. The van der Waals surface area contributed by atoms with Crippen molar-refractivity contribution in [3.63, 3.8) is 0 Å². The number of fused-ring (bicyclic) bond motifs is 1. The predicted octanol–water partition coefficient (Wildman–Crippen LogP) is 3.96. The van der Waals surface area contributed by atoms with Gasteiger partial charge in [0.15, 0.2) is 0 Å². The number of aromatic nitrogens is 3.